The fraction of sp³-hybridized carbons (Fsp3) is 0.364. The quantitative estimate of drug-likeness (QED) is 0.588. The highest BCUT2D eigenvalue weighted by atomic mass is 16.6. The molecular formula is C11H13N3O2. The lowest BCUT2D eigenvalue weighted by atomic mass is 10.2. The van der Waals surface area contributed by atoms with E-state index < -0.39 is 0 Å². The molecule has 0 atom stereocenters. The van der Waals surface area contributed by atoms with Gasteiger partial charge in [0.05, 0.1) is 16.6 Å². The Hall–Kier alpha value is -1.91. The zero-order valence-corrected chi connectivity index (χ0v) is 9.25. The minimum atomic E-state index is -0.390. The number of fused-ring (bicyclic) bond motifs is 1. The van der Waals surface area contributed by atoms with Crippen LogP contribution in [0.4, 0.5) is 5.69 Å². The molecule has 0 spiro atoms. The van der Waals surface area contributed by atoms with E-state index in [1.165, 1.54) is 6.07 Å². The van der Waals surface area contributed by atoms with Gasteiger partial charge in [-0.25, -0.2) is 0 Å². The van der Waals surface area contributed by atoms with Crippen LogP contribution in [0.3, 0.4) is 0 Å². The second-order valence-corrected chi connectivity index (χ2v) is 4.22. The molecule has 0 aliphatic rings. The Morgan fingerprint density at radius 2 is 2.25 bits per heavy atom. The smallest absolute Gasteiger partial charge is 0.265 e. The van der Waals surface area contributed by atoms with Gasteiger partial charge in [-0.3, -0.25) is 14.8 Å². The first-order valence-corrected chi connectivity index (χ1v) is 5.18. The number of nitro groups is 1. The third-order valence-corrected chi connectivity index (χ3v) is 2.37. The van der Waals surface area contributed by atoms with E-state index in [1.807, 2.05) is 4.68 Å². The van der Waals surface area contributed by atoms with Gasteiger partial charge in [-0.1, -0.05) is 13.8 Å². The van der Waals surface area contributed by atoms with Crippen molar-refractivity contribution in [1.29, 1.82) is 0 Å². The Morgan fingerprint density at radius 1 is 1.50 bits per heavy atom. The second-order valence-electron chi connectivity index (χ2n) is 4.22. The average molecular weight is 219 g/mol. The summed E-state index contributed by atoms with van der Waals surface area (Å²) in [5, 5.41) is 15.7. The van der Waals surface area contributed by atoms with E-state index in [1.54, 1.807) is 18.3 Å². The monoisotopic (exact) mass is 219 g/mol. The molecule has 5 nitrogen and oxygen atoms in total. The summed E-state index contributed by atoms with van der Waals surface area (Å²) >= 11 is 0. The van der Waals surface area contributed by atoms with Crippen molar-refractivity contribution in [2.75, 3.05) is 0 Å². The molecule has 1 aromatic heterocycles. The SMILES string of the molecule is CC(C)Cn1ncc2cc([N+](=O)[O-])ccc21. The van der Waals surface area contributed by atoms with Crippen molar-refractivity contribution in [3.8, 4) is 0 Å². The maximum atomic E-state index is 10.6. The number of nitro benzene ring substituents is 1. The predicted molar refractivity (Wildman–Crippen MR) is 61.2 cm³/mol. The highest BCUT2D eigenvalue weighted by molar-refractivity contribution is 5.81. The van der Waals surface area contributed by atoms with Crippen LogP contribution in [0.5, 0.6) is 0 Å². The molecule has 0 bridgehead atoms. The molecule has 0 amide bonds. The van der Waals surface area contributed by atoms with Gasteiger partial charge in [0.2, 0.25) is 0 Å². The fourth-order valence-electron chi connectivity index (χ4n) is 1.68. The van der Waals surface area contributed by atoms with E-state index in [-0.39, 0.29) is 10.6 Å². The van der Waals surface area contributed by atoms with Crippen LogP contribution in [0, 0.1) is 16.0 Å². The van der Waals surface area contributed by atoms with Crippen molar-refractivity contribution in [2.24, 2.45) is 5.92 Å². The first-order chi connectivity index (χ1) is 7.58. The zero-order chi connectivity index (χ0) is 11.7. The first-order valence-electron chi connectivity index (χ1n) is 5.18. The molecule has 16 heavy (non-hydrogen) atoms. The van der Waals surface area contributed by atoms with E-state index in [9.17, 15) is 10.1 Å². The molecule has 0 N–H and O–H groups in total. The van der Waals surface area contributed by atoms with Crippen LogP contribution >= 0.6 is 0 Å². The summed E-state index contributed by atoms with van der Waals surface area (Å²) in [5.41, 5.74) is 1.05. The lowest BCUT2D eigenvalue weighted by Gasteiger charge is -2.05. The molecule has 2 rings (SSSR count). The third kappa shape index (κ3) is 1.88. The number of nitrogens with zero attached hydrogens (tertiary/aromatic N) is 3. The number of hydrogen-bond acceptors (Lipinski definition) is 3. The summed E-state index contributed by atoms with van der Waals surface area (Å²) in [4.78, 5) is 10.2. The van der Waals surface area contributed by atoms with Crippen molar-refractivity contribution in [2.45, 2.75) is 20.4 Å². The predicted octanol–water partition coefficient (Wildman–Crippen LogP) is 2.60. The lowest BCUT2D eigenvalue weighted by molar-refractivity contribution is -0.384. The van der Waals surface area contributed by atoms with Gasteiger partial charge >= 0.3 is 0 Å². The molecule has 0 radical (unpaired) electrons. The van der Waals surface area contributed by atoms with Crippen LogP contribution < -0.4 is 0 Å². The minimum Gasteiger partial charge on any atom is -0.265 e. The Bertz CT molecular complexity index is 531. The molecule has 0 fully saturated rings. The molecule has 1 heterocycles. The number of rotatable bonds is 3. The fourth-order valence-corrected chi connectivity index (χ4v) is 1.68. The normalized spacial score (nSPS) is 11.2. The van der Waals surface area contributed by atoms with Gasteiger partial charge in [-0.2, -0.15) is 5.10 Å². The second kappa shape index (κ2) is 3.92. The van der Waals surface area contributed by atoms with Crippen molar-refractivity contribution in [1.82, 2.24) is 9.78 Å². The maximum absolute atomic E-state index is 10.6. The van der Waals surface area contributed by atoms with Crippen LogP contribution in [-0.4, -0.2) is 14.7 Å². The Labute approximate surface area is 92.8 Å². The largest absolute Gasteiger partial charge is 0.270 e. The van der Waals surface area contributed by atoms with Crippen molar-refractivity contribution >= 4 is 16.6 Å². The van der Waals surface area contributed by atoms with Gasteiger partial charge < -0.3 is 0 Å². The minimum absolute atomic E-state index is 0.108. The summed E-state index contributed by atoms with van der Waals surface area (Å²) in [5.74, 6) is 0.498. The molecule has 0 unspecified atom stereocenters. The van der Waals surface area contributed by atoms with Gasteiger partial charge in [0, 0.05) is 24.1 Å². The standard InChI is InChI=1S/C11H13N3O2/c1-8(2)7-13-11-4-3-10(14(15)16)5-9(11)6-12-13/h3-6,8H,7H2,1-2H3. The third-order valence-electron chi connectivity index (χ3n) is 2.37. The maximum Gasteiger partial charge on any atom is 0.270 e. The summed E-state index contributed by atoms with van der Waals surface area (Å²) in [6, 6.07) is 4.82. The molecular weight excluding hydrogens is 206 g/mol. The van der Waals surface area contributed by atoms with Crippen LogP contribution in [-0.2, 0) is 6.54 Å². The van der Waals surface area contributed by atoms with Gasteiger partial charge in [0.1, 0.15) is 0 Å². The summed E-state index contributed by atoms with van der Waals surface area (Å²) in [6.07, 6.45) is 1.67. The zero-order valence-electron chi connectivity index (χ0n) is 9.25. The van der Waals surface area contributed by atoms with Gasteiger partial charge in [0.25, 0.3) is 5.69 Å². The molecule has 0 saturated heterocycles. The van der Waals surface area contributed by atoms with Crippen LogP contribution in [0.15, 0.2) is 24.4 Å². The van der Waals surface area contributed by atoms with E-state index in [4.69, 9.17) is 0 Å². The van der Waals surface area contributed by atoms with E-state index in [0.717, 1.165) is 17.4 Å². The Balaban J connectivity index is 2.46. The van der Waals surface area contributed by atoms with E-state index in [0.29, 0.717) is 5.92 Å². The van der Waals surface area contributed by atoms with E-state index in [2.05, 4.69) is 18.9 Å². The number of aromatic nitrogens is 2. The molecule has 0 aliphatic heterocycles. The van der Waals surface area contributed by atoms with Crippen LogP contribution in [0.25, 0.3) is 10.9 Å². The summed E-state index contributed by atoms with van der Waals surface area (Å²) in [6.45, 7) is 5.04. The Kier molecular flexibility index (Phi) is 2.60. The average Bonchev–Trinajstić information content (AvgIpc) is 2.60. The highest BCUT2D eigenvalue weighted by Crippen LogP contribution is 2.21. The Morgan fingerprint density at radius 3 is 2.88 bits per heavy atom. The van der Waals surface area contributed by atoms with Crippen molar-refractivity contribution < 1.29 is 4.92 Å². The topological polar surface area (TPSA) is 61.0 Å². The summed E-state index contributed by atoms with van der Waals surface area (Å²) in [7, 11) is 0. The molecule has 0 aliphatic carbocycles. The highest BCUT2D eigenvalue weighted by Gasteiger charge is 2.09. The molecule has 5 heteroatoms. The number of benzene rings is 1. The summed E-state index contributed by atoms with van der Waals surface area (Å²) < 4.78 is 1.88. The molecule has 2 aromatic rings. The van der Waals surface area contributed by atoms with Gasteiger partial charge in [-0.15, -0.1) is 0 Å². The van der Waals surface area contributed by atoms with Crippen LogP contribution in [0.1, 0.15) is 13.8 Å². The number of hydrogen-bond donors (Lipinski definition) is 0. The first kappa shape index (κ1) is 10.6. The van der Waals surface area contributed by atoms with E-state index >= 15 is 0 Å². The lowest BCUT2D eigenvalue weighted by Crippen LogP contribution is -2.05. The van der Waals surface area contributed by atoms with Gasteiger partial charge in [-0.05, 0) is 12.0 Å². The molecule has 0 saturated carbocycles. The van der Waals surface area contributed by atoms with Crippen LogP contribution in [0.2, 0.25) is 0 Å². The molecule has 1 aromatic carbocycles. The van der Waals surface area contributed by atoms with Gasteiger partial charge in [0.15, 0.2) is 0 Å². The number of non-ortho nitro benzene ring substituents is 1. The molecule has 84 valence electrons. The van der Waals surface area contributed by atoms with Crippen molar-refractivity contribution in [3.05, 3.63) is 34.5 Å². The van der Waals surface area contributed by atoms with Crippen molar-refractivity contribution in [3.63, 3.8) is 0 Å².